The van der Waals surface area contributed by atoms with Crippen LogP contribution in [-0.4, -0.2) is 54.2 Å². The second-order valence-corrected chi connectivity index (χ2v) is 13.9. The van der Waals surface area contributed by atoms with Crippen molar-refractivity contribution < 1.29 is 35.1 Å². The molecule has 37 heavy (non-hydrogen) atoms. The number of fused-ring (bicyclic) bond motifs is 2. The third kappa shape index (κ3) is 3.78. The van der Waals surface area contributed by atoms with Gasteiger partial charge in [-0.1, -0.05) is 13.8 Å². The van der Waals surface area contributed by atoms with E-state index in [0.717, 1.165) is 5.43 Å². The van der Waals surface area contributed by atoms with Gasteiger partial charge in [0.2, 0.25) is 5.78 Å². The van der Waals surface area contributed by atoms with E-state index in [-0.39, 0.29) is 40.6 Å². The average Bonchev–Trinajstić information content (AvgIpc) is 2.79. The van der Waals surface area contributed by atoms with Crippen LogP contribution < -0.4 is 16.4 Å². The highest BCUT2D eigenvalue weighted by Gasteiger charge is 2.73. The molecule has 0 aromatic heterocycles. The number of hydrogen-bond acceptors (Lipinski definition) is 7. The van der Waals surface area contributed by atoms with Crippen molar-refractivity contribution in [3.05, 3.63) is 16.7 Å². The molecule has 0 radical (unpaired) electrons. The van der Waals surface area contributed by atoms with Gasteiger partial charge in [0.05, 0.1) is 27.7 Å². The zero-order valence-electron chi connectivity index (χ0n) is 21.9. The molecule has 3 aliphatic rings. The van der Waals surface area contributed by atoms with Gasteiger partial charge in [0.25, 0.3) is 0 Å². The molecule has 1 saturated carbocycles. The van der Waals surface area contributed by atoms with Gasteiger partial charge in [-0.3, -0.25) is 9.59 Å². The fourth-order valence-corrected chi connectivity index (χ4v) is 7.75. The average molecular weight is 578 g/mol. The van der Waals surface area contributed by atoms with Gasteiger partial charge < -0.3 is 20.1 Å². The van der Waals surface area contributed by atoms with Gasteiger partial charge in [0.15, 0.2) is 17.1 Å². The molecule has 0 unspecified atom stereocenters. The van der Waals surface area contributed by atoms with Crippen molar-refractivity contribution in [3.8, 4) is 11.5 Å². The maximum absolute atomic E-state index is 14.6. The first-order valence-corrected chi connectivity index (χ1v) is 13.7. The molecule has 2 aliphatic carbocycles. The quantitative estimate of drug-likeness (QED) is 0.142. The van der Waals surface area contributed by atoms with Crippen LogP contribution in [0.2, 0.25) is 0 Å². The molecule has 1 aliphatic heterocycles. The smallest absolute Gasteiger partial charge is 0.203 e. The second-order valence-electron chi connectivity index (χ2n) is 12.2. The van der Waals surface area contributed by atoms with Crippen LogP contribution in [0, 0.1) is 18.3 Å². The zero-order chi connectivity index (χ0) is 28.1. The largest absolute Gasteiger partial charge is 0.868 e. The number of alkyl halides is 3. The lowest BCUT2D eigenvalue weighted by atomic mass is 9.54. The molecule has 4 rings (SSSR count). The second kappa shape index (κ2) is 8.68. The van der Waals surface area contributed by atoms with Crippen LogP contribution in [0.1, 0.15) is 86.6 Å². The van der Waals surface area contributed by atoms with E-state index in [0.29, 0.717) is 12.8 Å². The van der Waals surface area contributed by atoms with Crippen LogP contribution >= 0.6 is 34.8 Å². The lowest BCUT2D eigenvalue weighted by Gasteiger charge is -2.60. The predicted molar refractivity (Wildman–Crippen MR) is 139 cm³/mol. The lowest BCUT2D eigenvalue weighted by Crippen LogP contribution is -2.86. The molecule has 1 heterocycles. The van der Waals surface area contributed by atoms with Crippen molar-refractivity contribution >= 4 is 52.1 Å². The molecule has 2 fully saturated rings. The van der Waals surface area contributed by atoms with Gasteiger partial charge in [-0.15, -0.1) is 34.8 Å². The normalized spacial score (nSPS) is 38.7. The fourth-order valence-electron chi connectivity index (χ4n) is 6.68. The number of hydrogen-bond donors (Lipinski definition) is 4. The molecule has 8 nitrogen and oxygen atoms in total. The Hall–Kier alpha value is -1.13. The first-order valence-electron chi connectivity index (χ1n) is 12.4. The summed E-state index contributed by atoms with van der Waals surface area (Å²) in [4.78, 5) is 26.9. The van der Waals surface area contributed by atoms with Crippen molar-refractivity contribution in [1.29, 1.82) is 0 Å². The number of phenolic OH excluding ortho intramolecular Hbond substituents is 1. The number of benzene rings is 1. The molecular formula is C26H35Cl3N2O6. The first-order chi connectivity index (χ1) is 16.8. The van der Waals surface area contributed by atoms with E-state index in [9.17, 15) is 24.9 Å². The third-order valence-electron chi connectivity index (χ3n) is 9.19. The van der Waals surface area contributed by atoms with Crippen LogP contribution in [0.25, 0.3) is 0 Å². The van der Waals surface area contributed by atoms with E-state index in [1.165, 1.54) is 6.92 Å². The number of quaternary nitrogens is 1. The summed E-state index contributed by atoms with van der Waals surface area (Å²) in [5, 5.41) is 34.4. The fraction of sp³-hybridized carbons (Fsp3) is 0.692. The first kappa shape index (κ1) is 28.9. The van der Waals surface area contributed by atoms with E-state index in [2.05, 4.69) is 0 Å². The van der Waals surface area contributed by atoms with Crippen LogP contribution in [0.15, 0.2) is 0 Å². The summed E-state index contributed by atoms with van der Waals surface area (Å²) in [7, 11) is 0. The minimum atomic E-state index is -2.03. The number of ketones is 2. The molecule has 0 spiro atoms. The highest BCUT2D eigenvalue weighted by atomic mass is 35.5. The number of halogens is 3. The highest BCUT2D eigenvalue weighted by molar-refractivity contribution is 6.45. The van der Waals surface area contributed by atoms with E-state index in [1.807, 2.05) is 13.8 Å². The molecule has 6 N–H and O–H groups in total. The molecule has 206 valence electrons. The molecule has 6 atom stereocenters. The molecule has 0 amide bonds. The number of aliphatic hydroxyl groups is 1. The van der Waals surface area contributed by atoms with E-state index in [4.69, 9.17) is 45.4 Å². The van der Waals surface area contributed by atoms with E-state index < -0.39 is 61.5 Å². The number of rotatable bonds is 3. The number of nitrogens with two attached hydrogens (primary N) is 2. The highest BCUT2D eigenvalue weighted by Crippen LogP contribution is 2.61. The van der Waals surface area contributed by atoms with Crippen LogP contribution in [0.3, 0.4) is 0 Å². The Balaban J connectivity index is 2.06. The maximum Gasteiger partial charge on any atom is 0.203 e. The Morgan fingerprint density at radius 1 is 1.11 bits per heavy atom. The summed E-state index contributed by atoms with van der Waals surface area (Å²) in [6.07, 6.45) is 0.616. The minimum Gasteiger partial charge on any atom is -0.868 e. The Morgan fingerprint density at radius 3 is 2.27 bits per heavy atom. The van der Waals surface area contributed by atoms with E-state index in [1.54, 1.807) is 20.8 Å². The summed E-state index contributed by atoms with van der Waals surface area (Å²) in [5.74, 6) is 2.35. The number of phenols is 1. The molecule has 0 bridgehead atoms. The topological polar surface area (TPSA) is 150 Å². The lowest BCUT2D eigenvalue weighted by molar-refractivity contribution is -0.588. The molecular weight excluding hydrogens is 543 g/mol. The standard InChI is InChI=1S/C26H35Cl3N2O6/c1-11-18(32)16-15(17(31-30)19(11)33)21(35)26(9-12-22(2,3)13(27)7-8-24(12,6)36)25(29,20(16)34)10-14(28)23(4,5)37-26/h12-14,31-33,36H,7-10,30H2,1-6H3/t12-,13-,14+,24-,25-,26-/m0/s1. The molecule has 1 aromatic carbocycles. The van der Waals surface area contributed by atoms with Gasteiger partial charge in [-0.05, 0) is 76.0 Å². The molecule has 1 saturated heterocycles. The summed E-state index contributed by atoms with van der Waals surface area (Å²) >= 11 is 20.6. The van der Waals surface area contributed by atoms with Crippen LogP contribution in [0.5, 0.6) is 11.5 Å². The van der Waals surface area contributed by atoms with Gasteiger partial charge in [-0.25, -0.2) is 5.43 Å². The van der Waals surface area contributed by atoms with Crippen molar-refractivity contribution in [3.63, 3.8) is 0 Å². The maximum atomic E-state index is 14.6. The number of carbonyl (C=O) groups is 2. The van der Waals surface area contributed by atoms with Crippen LogP contribution in [-0.2, 0) is 4.74 Å². The van der Waals surface area contributed by atoms with Crippen molar-refractivity contribution in [2.24, 2.45) is 17.2 Å². The zero-order valence-corrected chi connectivity index (χ0v) is 24.1. The van der Waals surface area contributed by atoms with Gasteiger partial charge in [0.1, 0.15) is 10.6 Å². The van der Waals surface area contributed by atoms with Crippen molar-refractivity contribution in [2.75, 3.05) is 0 Å². The van der Waals surface area contributed by atoms with Crippen LogP contribution in [0.4, 0.5) is 5.69 Å². The number of Topliss-reactive ketones (excluding diaryl/α,β-unsaturated/α-hetero) is 2. The monoisotopic (exact) mass is 576 g/mol. The van der Waals surface area contributed by atoms with Crippen molar-refractivity contribution in [1.82, 2.24) is 0 Å². The minimum absolute atomic E-state index is 0.120. The third-order valence-corrected chi connectivity index (χ3v) is 11.3. The Labute approximate surface area is 231 Å². The van der Waals surface area contributed by atoms with Gasteiger partial charge in [0, 0.05) is 5.38 Å². The Morgan fingerprint density at radius 2 is 1.70 bits per heavy atom. The van der Waals surface area contributed by atoms with Gasteiger partial charge >= 0.3 is 0 Å². The summed E-state index contributed by atoms with van der Waals surface area (Å²) in [6, 6.07) is 0. The Bertz CT molecular complexity index is 1190. The summed E-state index contributed by atoms with van der Waals surface area (Å²) < 4.78 is 6.53. The molecule has 11 heteroatoms. The van der Waals surface area contributed by atoms with Gasteiger partial charge in [-0.2, -0.15) is 5.84 Å². The summed E-state index contributed by atoms with van der Waals surface area (Å²) in [5.41, 5.74) is -5.15. The van der Waals surface area contributed by atoms with Crippen molar-refractivity contribution in [2.45, 2.75) is 99.7 Å². The van der Waals surface area contributed by atoms with E-state index >= 15 is 0 Å². The number of carbonyl (C=O) groups excluding carboxylic acids is 2. The summed E-state index contributed by atoms with van der Waals surface area (Å²) in [6.45, 7) is 10.2. The SMILES string of the molecule is Cc1c([O-])c([NH2+]N)c2c(c1O)C(=O)[C@@]1(Cl)C[C@@H](Cl)C(C)(C)O[C@@]1(C[C@H]1C(C)(C)[C@@H](Cl)CC[C@]1(C)O)C2=O. The Kier molecular flexibility index (Phi) is 6.78. The molecule has 1 aromatic rings. The number of aromatic hydroxyl groups is 1. The number of ether oxygens (including phenoxy) is 1. The predicted octanol–water partition coefficient (Wildman–Crippen LogP) is 2.93.